The molecule has 12 heteroatoms. The average molecular weight is 828 g/mol. The Kier molecular flexibility index (Phi) is 20.8. The Labute approximate surface area is 350 Å². The molecule has 3 aromatic rings. The summed E-state index contributed by atoms with van der Waals surface area (Å²) in [5, 5.41) is 1.02. The molecule has 1 aromatic heterocycles. The molecule has 2 aliphatic rings. The lowest BCUT2D eigenvalue weighted by Crippen LogP contribution is -2.48. The number of methoxy groups -OCH3 is 1. The molecule has 3 heterocycles. The fourth-order valence-electron chi connectivity index (χ4n) is 7.04. The summed E-state index contributed by atoms with van der Waals surface area (Å²) in [6, 6.07) is 13.3. The van der Waals surface area contributed by atoms with Crippen LogP contribution in [0.25, 0.3) is 0 Å². The first-order valence-corrected chi connectivity index (χ1v) is 21.7. The zero-order chi connectivity index (χ0) is 40.7. The third-order valence-corrected chi connectivity index (χ3v) is 10.9. The van der Waals surface area contributed by atoms with Crippen LogP contribution in [0.1, 0.15) is 109 Å². The van der Waals surface area contributed by atoms with Gasteiger partial charge >= 0.3 is 5.97 Å². The van der Waals surface area contributed by atoms with Gasteiger partial charge in [-0.25, -0.2) is 4.98 Å². The highest BCUT2D eigenvalue weighted by Gasteiger charge is 2.45. The molecule has 0 spiro atoms. The van der Waals surface area contributed by atoms with Crippen LogP contribution in [0.3, 0.4) is 0 Å². The molecule has 1 amide bonds. The van der Waals surface area contributed by atoms with E-state index in [1.54, 1.807) is 31.6 Å². The molecule has 0 radical (unpaired) electrons. The minimum Gasteiger partial charge on any atom is -0.491 e. The molecule has 0 bridgehead atoms. The number of benzene rings is 2. The third-order valence-electron chi connectivity index (χ3n) is 10.4. The second-order valence-corrected chi connectivity index (χ2v) is 15.7. The topological polar surface area (TPSA) is 95.4 Å². The molecule has 314 valence electrons. The number of allylic oxidation sites excluding steroid dienone is 2. The van der Waals surface area contributed by atoms with Crippen LogP contribution in [-0.4, -0.2) is 78.9 Å². The summed E-state index contributed by atoms with van der Waals surface area (Å²) in [5.41, 5.74) is 1.82. The van der Waals surface area contributed by atoms with Crippen molar-refractivity contribution in [1.29, 1.82) is 0 Å². The first kappa shape index (κ1) is 46.1. The van der Waals surface area contributed by atoms with E-state index in [1.807, 2.05) is 46.0 Å². The zero-order valence-corrected chi connectivity index (χ0v) is 35.9. The van der Waals surface area contributed by atoms with Crippen molar-refractivity contribution >= 4 is 40.8 Å². The smallest absolute Gasteiger partial charge is 0.305 e. The molecule has 5 rings (SSSR count). The number of hydrogen-bond donors (Lipinski definition) is 0. The van der Waals surface area contributed by atoms with Gasteiger partial charge < -0.3 is 33.3 Å². The average Bonchev–Trinajstić information content (AvgIpc) is 3.89. The van der Waals surface area contributed by atoms with E-state index in [0.717, 1.165) is 50.5 Å². The predicted molar refractivity (Wildman–Crippen MR) is 229 cm³/mol. The summed E-state index contributed by atoms with van der Waals surface area (Å²) in [5.74, 6) is -0.277. The molecular formula is C45H64Cl2N4O6. The molecular weight excluding hydrogens is 763 g/mol. The summed E-state index contributed by atoms with van der Waals surface area (Å²) >= 11 is 12.7. The Bertz CT molecular complexity index is 1610. The van der Waals surface area contributed by atoms with Crippen LogP contribution >= 0.6 is 23.2 Å². The van der Waals surface area contributed by atoms with E-state index < -0.39 is 5.79 Å². The van der Waals surface area contributed by atoms with Gasteiger partial charge in [-0.1, -0.05) is 99.7 Å². The number of piperazine rings is 1. The lowest BCUT2D eigenvalue weighted by atomic mass is 10.1. The maximum atomic E-state index is 11.6. The molecule has 2 atom stereocenters. The number of halogens is 2. The van der Waals surface area contributed by atoms with Gasteiger partial charge in [0.2, 0.25) is 11.7 Å². The monoisotopic (exact) mass is 826 g/mol. The Hall–Kier alpha value is -3.57. The van der Waals surface area contributed by atoms with Gasteiger partial charge in [0.05, 0.1) is 31.6 Å². The van der Waals surface area contributed by atoms with Gasteiger partial charge in [0, 0.05) is 68.2 Å². The number of unbranched alkanes of at least 4 members (excludes halogenated alkanes) is 11. The number of carbonyl (C=O) groups is 2. The maximum absolute atomic E-state index is 11.6. The highest BCUT2D eigenvalue weighted by molar-refractivity contribution is 6.35. The van der Waals surface area contributed by atoms with Crippen molar-refractivity contribution < 1.29 is 28.5 Å². The number of rotatable bonds is 22. The highest BCUT2D eigenvalue weighted by atomic mass is 35.5. The molecule has 2 aromatic carbocycles. The normalized spacial score (nSPS) is 18.1. The van der Waals surface area contributed by atoms with Crippen molar-refractivity contribution in [1.82, 2.24) is 14.5 Å². The van der Waals surface area contributed by atoms with Crippen molar-refractivity contribution in [2.24, 2.45) is 0 Å². The molecule has 0 saturated carbocycles. The molecule has 0 aliphatic carbocycles. The van der Waals surface area contributed by atoms with Crippen molar-refractivity contribution in [3.05, 3.63) is 88.9 Å². The lowest BCUT2D eigenvalue weighted by Gasteiger charge is -2.35. The number of imidazole rings is 1. The van der Waals surface area contributed by atoms with Gasteiger partial charge in [0.1, 0.15) is 18.5 Å². The zero-order valence-electron chi connectivity index (χ0n) is 34.3. The SMILES string of the molecule is CC(=O)N1CCN(c2ccc(OC[C@H]3CO[C@](Cn4ccnc4)(c4ccc(Cl)cc4Cl)O3)cc2)CC1.CCCCCCCC/C=C\CCCCCCCC(=O)OC. The van der Waals surface area contributed by atoms with E-state index in [4.69, 9.17) is 37.4 Å². The minimum absolute atomic E-state index is 0.0763. The summed E-state index contributed by atoms with van der Waals surface area (Å²) in [7, 11) is 1.46. The van der Waals surface area contributed by atoms with Crippen LogP contribution < -0.4 is 9.64 Å². The molecule has 57 heavy (non-hydrogen) atoms. The summed E-state index contributed by atoms with van der Waals surface area (Å²) < 4.78 is 25.2. The maximum Gasteiger partial charge on any atom is 0.305 e. The van der Waals surface area contributed by atoms with E-state index >= 15 is 0 Å². The van der Waals surface area contributed by atoms with Crippen LogP contribution in [0.15, 0.2) is 73.3 Å². The first-order valence-electron chi connectivity index (χ1n) is 20.9. The largest absolute Gasteiger partial charge is 0.491 e. The van der Waals surface area contributed by atoms with Crippen LogP contribution in [-0.2, 0) is 36.1 Å². The van der Waals surface area contributed by atoms with Crippen LogP contribution in [0.4, 0.5) is 5.69 Å². The molecule has 2 fully saturated rings. The highest BCUT2D eigenvalue weighted by Crippen LogP contribution is 2.40. The number of hydrogen-bond acceptors (Lipinski definition) is 8. The Morgan fingerprint density at radius 1 is 0.895 bits per heavy atom. The van der Waals surface area contributed by atoms with Gasteiger partial charge in [0.15, 0.2) is 0 Å². The lowest BCUT2D eigenvalue weighted by molar-refractivity contribution is -0.189. The minimum atomic E-state index is -1.08. The summed E-state index contributed by atoms with van der Waals surface area (Å²) in [6.45, 7) is 8.07. The number of aromatic nitrogens is 2. The van der Waals surface area contributed by atoms with Gasteiger partial charge in [-0.05, 0) is 68.5 Å². The Morgan fingerprint density at radius 3 is 2.18 bits per heavy atom. The van der Waals surface area contributed by atoms with Crippen molar-refractivity contribution in [2.75, 3.05) is 51.4 Å². The fraction of sp³-hybridized carbons (Fsp3) is 0.578. The summed E-state index contributed by atoms with van der Waals surface area (Å²) in [4.78, 5) is 30.7. The van der Waals surface area contributed by atoms with Crippen molar-refractivity contribution in [2.45, 2.75) is 122 Å². The Morgan fingerprint density at radius 2 is 1.56 bits per heavy atom. The van der Waals surface area contributed by atoms with Crippen molar-refractivity contribution in [3.63, 3.8) is 0 Å². The molecule has 0 unspecified atom stereocenters. The van der Waals surface area contributed by atoms with Crippen LogP contribution in [0.2, 0.25) is 10.0 Å². The summed E-state index contributed by atoms with van der Waals surface area (Å²) in [6.07, 6.45) is 27.0. The number of nitrogens with zero attached hydrogens (tertiary/aromatic N) is 4. The number of carbonyl (C=O) groups excluding carboxylic acids is 2. The second kappa shape index (κ2) is 25.7. The first-order chi connectivity index (χ1) is 27.7. The molecule has 2 saturated heterocycles. The fourth-order valence-corrected chi connectivity index (χ4v) is 7.59. The van der Waals surface area contributed by atoms with E-state index in [1.165, 1.54) is 77.7 Å². The van der Waals surface area contributed by atoms with Crippen LogP contribution in [0, 0.1) is 0 Å². The number of esters is 1. The van der Waals surface area contributed by atoms with E-state index in [9.17, 15) is 9.59 Å². The standard InChI is InChI=1S/C26H28Cl2N4O4.C19H36O2/c1-19(33)31-10-12-32(13-11-31)21-3-5-22(6-4-21)34-15-23-16-35-26(36-23,17-30-9-8-29-18-30)24-7-2-20(27)14-25(24)28;1-3-4-5-6-7-8-9-10-11-12-13-14-15-16-17-18-19(20)21-2/h2-9,14,18,23H,10-13,15-17H2,1H3;10-11H,3-9,12-18H2,1-2H3/b;11-10-/t23-,26-;/m0./s1. The second-order valence-electron chi connectivity index (χ2n) is 14.9. The van der Waals surface area contributed by atoms with E-state index in [-0.39, 0.29) is 18.0 Å². The third kappa shape index (κ3) is 16.3. The predicted octanol–water partition coefficient (Wildman–Crippen LogP) is 10.4. The van der Waals surface area contributed by atoms with E-state index in [2.05, 4.69) is 33.7 Å². The quantitative estimate of drug-likeness (QED) is 0.0561. The number of ether oxygens (including phenoxy) is 4. The molecule has 2 aliphatic heterocycles. The van der Waals surface area contributed by atoms with Crippen LogP contribution in [0.5, 0.6) is 5.75 Å². The molecule has 10 nitrogen and oxygen atoms in total. The van der Waals surface area contributed by atoms with Gasteiger partial charge in [-0.3, -0.25) is 9.59 Å². The van der Waals surface area contributed by atoms with Gasteiger partial charge in [0.25, 0.3) is 0 Å². The van der Waals surface area contributed by atoms with Gasteiger partial charge in [-0.15, -0.1) is 0 Å². The number of amides is 1. The number of anilines is 1. The molecule has 0 N–H and O–H groups in total. The van der Waals surface area contributed by atoms with Gasteiger partial charge in [-0.2, -0.15) is 0 Å². The van der Waals surface area contributed by atoms with E-state index in [0.29, 0.717) is 41.8 Å². The van der Waals surface area contributed by atoms with Crippen molar-refractivity contribution in [3.8, 4) is 5.75 Å². The Balaban J connectivity index is 0.000000295.